The number of carbonyl (C=O) groups is 1. The van der Waals surface area contributed by atoms with Crippen LogP contribution in [0.4, 0.5) is 0 Å². The van der Waals surface area contributed by atoms with Gasteiger partial charge in [0, 0.05) is 24.2 Å². The number of rotatable bonds is 3. The number of aromatic nitrogens is 3. The van der Waals surface area contributed by atoms with Gasteiger partial charge in [-0.3, -0.25) is 9.36 Å². The number of aldehydes is 1. The van der Waals surface area contributed by atoms with E-state index < -0.39 is 0 Å². The molecular weight excluding hydrogens is 238 g/mol. The van der Waals surface area contributed by atoms with E-state index in [4.69, 9.17) is 0 Å². The Hall–Kier alpha value is -2.49. The largest absolute Gasteiger partial charge is 0.298 e. The fourth-order valence-corrected chi connectivity index (χ4v) is 2.19. The van der Waals surface area contributed by atoms with E-state index in [1.165, 1.54) is 0 Å². The van der Waals surface area contributed by atoms with E-state index in [1.54, 1.807) is 6.20 Å². The van der Waals surface area contributed by atoms with Crippen LogP contribution in [-0.2, 0) is 6.42 Å². The van der Waals surface area contributed by atoms with Crippen molar-refractivity contribution in [1.82, 2.24) is 14.5 Å². The molecule has 0 saturated carbocycles. The number of benzene rings is 1. The molecule has 94 valence electrons. The summed E-state index contributed by atoms with van der Waals surface area (Å²) in [6.45, 7) is 2.03. The zero-order valence-corrected chi connectivity index (χ0v) is 10.6. The van der Waals surface area contributed by atoms with Gasteiger partial charge in [-0.25, -0.2) is 9.97 Å². The van der Waals surface area contributed by atoms with Crippen LogP contribution >= 0.6 is 0 Å². The summed E-state index contributed by atoms with van der Waals surface area (Å²) >= 11 is 0. The summed E-state index contributed by atoms with van der Waals surface area (Å²) in [5.74, 6) is 1.54. The number of aryl methyl sites for hydroxylation is 1. The molecule has 1 aromatic carbocycles. The first kappa shape index (κ1) is 11.6. The molecule has 0 aliphatic carbocycles. The SMILES string of the molecule is CCc1nccn1-c1nc2ccccc2cc1C=O. The molecule has 0 aliphatic heterocycles. The van der Waals surface area contributed by atoms with Gasteiger partial charge in [0.05, 0.1) is 11.1 Å². The highest BCUT2D eigenvalue weighted by atomic mass is 16.1. The highest BCUT2D eigenvalue weighted by Crippen LogP contribution is 2.19. The van der Waals surface area contributed by atoms with Crippen molar-refractivity contribution in [2.24, 2.45) is 0 Å². The Kier molecular flexibility index (Phi) is 2.83. The Morgan fingerprint density at radius 1 is 1.32 bits per heavy atom. The van der Waals surface area contributed by atoms with Crippen molar-refractivity contribution in [3.05, 3.63) is 54.1 Å². The predicted molar refractivity (Wildman–Crippen MR) is 73.6 cm³/mol. The van der Waals surface area contributed by atoms with E-state index in [0.717, 1.165) is 29.4 Å². The fourth-order valence-electron chi connectivity index (χ4n) is 2.19. The second kappa shape index (κ2) is 4.65. The van der Waals surface area contributed by atoms with Gasteiger partial charge in [0.2, 0.25) is 0 Å². The van der Waals surface area contributed by atoms with Crippen molar-refractivity contribution < 1.29 is 4.79 Å². The lowest BCUT2D eigenvalue weighted by Crippen LogP contribution is -2.05. The van der Waals surface area contributed by atoms with Crippen LogP contribution in [0.1, 0.15) is 23.1 Å². The first-order valence-corrected chi connectivity index (χ1v) is 6.21. The van der Waals surface area contributed by atoms with E-state index in [2.05, 4.69) is 9.97 Å². The Morgan fingerprint density at radius 3 is 2.95 bits per heavy atom. The van der Waals surface area contributed by atoms with Gasteiger partial charge in [-0.2, -0.15) is 0 Å². The van der Waals surface area contributed by atoms with E-state index in [1.807, 2.05) is 48.0 Å². The number of hydrogen-bond donors (Lipinski definition) is 0. The highest BCUT2D eigenvalue weighted by molar-refractivity contribution is 5.89. The lowest BCUT2D eigenvalue weighted by molar-refractivity contribution is 0.112. The van der Waals surface area contributed by atoms with Crippen LogP contribution in [0.25, 0.3) is 16.7 Å². The van der Waals surface area contributed by atoms with Crippen molar-refractivity contribution in [2.45, 2.75) is 13.3 Å². The summed E-state index contributed by atoms with van der Waals surface area (Å²) in [4.78, 5) is 20.2. The highest BCUT2D eigenvalue weighted by Gasteiger charge is 2.11. The Labute approximate surface area is 110 Å². The molecule has 4 nitrogen and oxygen atoms in total. The summed E-state index contributed by atoms with van der Waals surface area (Å²) in [5.41, 5.74) is 1.45. The van der Waals surface area contributed by atoms with Gasteiger partial charge in [0.1, 0.15) is 11.6 Å². The Balaban J connectivity index is 2.30. The Morgan fingerprint density at radius 2 is 2.16 bits per heavy atom. The van der Waals surface area contributed by atoms with Crippen LogP contribution in [-0.4, -0.2) is 20.8 Å². The number of imidazole rings is 1. The van der Waals surface area contributed by atoms with Crippen LogP contribution < -0.4 is 0 Å². The summed E-state index contributed by atoms with van der Waals surface area (Å²) < 4.78 is 1.87. The fraction of sp³-hybridized carbons (Fsp3) is 0.133. The van der Waals surface area contributed by atoms with Crippen molar-refractivity contribution in [3.63, 3.8) is 0 Å². The molecule has 0 N–H and O–H groups in total. The molecule has 0 spiro atoms. The monoisotopic (exact) mass is 251 g/mol. The van der Waals surface area contributed by atoms with Gasteiger partial charge in [-0.15, -0.1) is 0 Å². The number of fused-ring (bicyclic) bond motifs is 1. The zero-order chi connectivity index (χ0) is 13.2. The third-order valence-electron chi connectivity index (χ3n) is 3.12. The van der Waals surface area contributed by atoms with Gasteiger partial charge in [0.15, 0.2) is 6.29 Å². The lowest BCUT2D eigenvalue weighted by Gasteiger charge is -2.09. The van der Waals surface area contributed by atoms with Crippen molar-refractivity contribution >= 4 is 17.2 Å². The topological polar surface area (TPSA) is 47.8 Å². The molecule has 0 bridgehead atoms. The molecule has 4 heteroatoms. The minimum atomic E-state index is 0.575. The average molecular weight is 251 g/mol. The minimum Gasteiger partial charge on any atom is -0.298 e. The van der Waals surface area contributed by atoms with Crippen molar-refractivity contribution in [2.75, 3.05) is 0 Å². The second-order valence-electron chi connectivity index (χ2n) is 4.28. The van der Waals surface area contributed by atoms with Gasteiger partial charge >= 0.3 is 0 Å². The summed E-state index contributed by atoms with van der Waals surface area (Å²) in [7, 11) is 0. The van der Waals surface area contributed by atoms with Crippen molar-refractivity contribution in [3.8, 4) is 5.82 Å². The lowest BCUT2D eigenvalue weighted by atomic mass is 10.1. The first-order chi connectivity index (χ1) is 9.33. The van der Waals surface area contributed by atoms with Gasteiger partial charge in [0.25, 0.3) is 0 Å². The number of carbonyl (C=O) groups excluding carboxylic acids is 1. The number of hydrogen-bond acceptors (Lipinski definition) is 3. The third kappa shape index (κ3) is 1.91. The van der Waals surface area contributed by atoms with E-state index in [-0.39, 0.29) is 0 Å². The molecule has 0 radical (unpaired) electrons. The smallest absolute Gasteiger partial charge is 0.153 e. The van der Waals surface area contributed by atoms with Crippen molar-refractivity contribution in [1.29, 1.82) is 0 Å². The van der Waals surface area contributed by atoms with Crippen LogP contribution in [0.5, 0.6) is 0 Å². The maximum atomic E-state index is 11.3. The normalized spacial score (nSPS) is 10.8. The maximum Gasteiger partial charge on any atom is 0.153 e. The number of para-hydroxylation sites is 1. The molecular formula is C15H13N3O. The average Bonchev–Trinajstić information content (AvgIpc) is 2.94. The predicted octanol–water partition coefficient (Wildman–Crippen LogP) is 2.80. The molecule has 0 fully saturated rings. The van der Waals surface area contributed by atoms with Gasteiger partial charge in [-0.1, -0.05) is 25.1 Å². The van der Waals surface area contributed by atoms with Gasteiger partial charge in [-0.05, 0) is 12.1 Å². The maximum absolute atomic E-state index is 11.3. The van der Waals surface area contributed by atoms with E-state index >= 15 is 0 Å². The molecule has 2 heterocycles. The van der Waals surface area contributed by atoms with Crippen LogP contribution in [0.2, 0.25) is 0 Å². The number of pyridine rings is 1. The number of nitrogens with zero attached hydrogens (tertiary/aromatic N) is 3. The summed E-state index contributed by atoms with van der Waals surface area (Å²) in [5, 5.41) is 0.964. The van der Waals surface area contributed by atoms with Gasteiger partial charge < -0.3 is 0 Å². The van der Waals surface area contributed by atoms with Crippen LogP contribution in [0, 0.1) is 0 Å². The van der Waals surface area contributed by atoms with E-state index in [0.29, 0.717) is 11.4 Å². The molecule has 0 unspecified atom stereocenters. The Bertz CT molecular complexity index is 746. The molecule has 3 rings (SSSR count). The molecule has 3 aromatic rings. The summed E-state index contributed by atoms with van der Waals surface area (Å²) in [6, 6.07) is 9.63. The molecule has 0 saturated heterocycles. The van der Waals surface area contributed by atoms with Crippen LogP contribution in [0.3, 0.4) is 0 Å². The second-order valence-corrected chi connectivity index (χ2v) is 4.28. The zero-order valence-electron chi connectivity index (χ0n) is 10.6. The van der Waals surface area contributed by atoms with E-state index in [9.17, 15) is 4.79 Å². The molecule has 19 heavy (non-hydrogen) atoms. The third-order valence-corrected chi connectivity index (χ3v) is 3.12. The van der Waals surface area contributed by atoms with Crippen LogP contribution in [0.15, 0.2) is 42.7 Å². The molecule has 0 atom stereocenters. The first-order valence-electron chi connectivity index (χ1n) is 6.21. The molecule has 2 aromatic heterocycles. The molecule has 0 amide bonds. The minimum absolute atomic E-state index is 0.575. The standard InChI is InChI=1S/C15H13N3O/c1-2-14-16-7-8-18(14)15-12(10-19)9-11-5-3-4-6-13(11)17-15/h3-10H,2H2,1H3. The quantitative estimate of drug-likeness (QED) is 0.672. The molecule has 0 aliphatic rings. The summed E-state index contributed by atoms with van der Waals surface area (Å²) in [6.07, 6.45) is 5.20.